The minimum Gasteiger partial charge on any atom is -0.502 e. The molecule has 0 saturated carbocycles. The standard InChI is InChI=1S/C17H26O11/c1-25-9-3-7(4-10(26-2)12(9)21)16(8(20)5-18)28-17-15(24)14(23)13(22)11(6-19)27-17/h3-4,8,11,13-24H,5-6H2,1-2H3/t8-,11-,13-,14+,15-,16+,17+/m1/s1. The Bertz CT molecular complexity index is 613. The molecule has 1 heterocycles. The van der Waals surface area contributed by atoms with Crippen LogP contribution in [0.4, 0.5) is 0 Å². The zero-order chi connectivity index (χ0) is 21.0. The Morgan fingerprint density at radius 2 is 1.57 bits per heavy atom. The molecule has 1 saturated heterocycles. The van der Waals surface area contributed by atoms with Gasteiger partial charge in [0.05, 0.1) is 27.4 Å². The monoisotopic (exact) mass is 406 g/mol. The third kappa shape index (κ3) is 4.47. The highest BCUT2D eigenvalue weighted by Gasteiger charge is 2.45. The van der Waals surface area contributed by atoms with Gasteiger partial charge in [0.15, 0.2) is 17.8 Å². The van der Waals surface area contributed by atoms with Gasteiger partial charge in [-0.05, 0) is 17.7 Å². The fourth-order valence-corrected chi connectivity index (χ4v) is 2.89. The molecule has 0 aromatic heterocycles. The molecule has 11 nitrogen and oxygen atoms in total. The first kappa shape index (κ1) is 22.6. The Kier molecular flexibility index (Phi) is 7.80. The quantitative estimate of drug-likeness (QED) is 0.245. The zero-order valence-electron chi connectivity index (χ0n) is 15.4. The largest absolute Gasteiger partial charge is 0.502 e. The zero-order valence-corrected chi connectivity index (χ0v) is 15.4. The number of aliphatic hydroxyl groups is 6. The lowest BCUT2D eigenvalue weighted by molar-refractivity contribution is -0.319. The number of aliphatic hydroxyl groups excluding tert-OH is 6. The van der Waals surface area contributed by atoms with Gasteiger partial charge in [-0.15, -0.1) is 0 Å². The van der Waals surface area contributed by atoms with Crippen molar-refractivity contribution in [1.29, 1.82) is 0 Å². The first-order valence-electron chi connectivity index (χ1n) is 8.48. The normalized spacial score (nSPS) is 29.9. The van der Waals surface area contributed by atoms with Crippen molar-refractivity contribution in [2.45, 2.75) is 42.9 Å². The summed E-state index contributed by atoms with van der Waals surface area (Å²) >= 11 is 0. The Hall–Kier alpha value is -1.70. The molecule has 160 valence electrons. The van der Waals surface area contributed by atoms with Gasteiger partial charge in [-0.3, -0.25) is 0 Å². The lowest BCUT2D eigenvalue weighted by Crippen LogP contribution is -2.59. The number of ether oxygens (including phenoxy) is 4. The Balaban J connectivity index is 2.37. The fraction of sp³-hybridized carbons (Fsp3) is 0.647. The van der Waals surface area contributed by atoms with Crippen LogP contribution >= 0.6 is 0 Å². The summed E-state index contributed by atoms with van der Waals surface area (Å²) in [6.45, 7) is -1.38. The molecular formula is C17H26O11. The number of benzene rings is 1. The number of hydrogen-bond acceptors (Lipinski definition) is 11. The predicted molar refractivity (Wildman–Crippen MR) is 91.9 cm³/mol. The van der Waals surface area contributed by atoms with Crippen LogP contribution in [-0.4, -0.2) is 100.0 Å². The Morgan fingerprint density at radius 1 is 1.00 bits per heavy atom. The van der Waals surface area contributed by atoms with Crippen LogP contribution < -0.4 is 9.47 Å². The van der Waals surface area contributed by atoms with Crippen molar-refractivity contribution < 1.29 is 54.7 Å². The van der Waals surface area contributed by atoms with Crippen molar-refractivity contribution in [3.8, 4) is 17.2 Å². The highest BCUT2D eigenvalue weighted by atomic mass is 16.7. The summed E-state index contributed by atoms with van der Waals surface area (Å²) in [4.78, 5) is 0. The van der Waals surface area contributed by atoms with Crippen LogP contribution in [0, 0.1) is 0 Å². The fourth-order valence-electron chi connectivity index (χ4n) is 2.89. The van der Waals surface area contributed by atoms with Crippen LogP contribution in [0.1, 0.15) is 11.7 Å². The Morgan fingerprint density at radius 3 is 2.04 bits per heavy atom. The van der Waals surface area contributed by atoms with Crippen LogP contribution in [-0.2, 0) is 9.47 Å². The van der Waals surface area contributed by atoms with Gasteiger partial charge in [0.2, 0.25) is 5.75 Å². The van der Waals surface area contributed by atoms with Crippen LogP contribution in [0.3, 0.4) is 0 Å². The van der Waals surface area contributed by atoms with Gasteiger partial charge in [-0.1, -0.05) is 0 Å². The molecule has 1 aliphatic heterocycles. The number of phenolic OH excluding ortho intramolecular Hbond substituents is 1. The summed E-state index contributed by atoms with van der Waals surface area (Å²) in [5.74, 6) is -0.289. The molecule has 0 aliphatic carbocycles. The molecule has 0 spiro atoms. The molecule has 1 aromatic rings. The number of methoxy groups -OCH3 is 2. The average molecular weight is 406 g/mol. The van der Waals surface area contributed by atoms with Crippen LogP contribution in [0.25, 0.3) is 0 Å². The van der Waals surface area contributed by atoms with E-state index >= 15 is 0 Å². The van der Waals surface area contributed by atoms with Crippen molar-refractivity contribution in [3.63, 3.8) is 0 Å². The number of hydrogen-bond donors (Lipinski definition) is 7. The van der Waals surface area contributed by atoms with E-state index in [9.17, 15) is 35.7 Å². The SMILES string of the molecule is COc1cc([C@H](O[C@@H]2O[C@H](CO)[C@@H](O)[C@H](O)[C@H]2O)[C@H](O)CO)cc(OC)c1O. The molecule has 0 amide bonds. The molecule has 1 aliphatic rings. The number of phenols is 1. The van der Waals surface area contributed by atoms with E-state index < -0.39 is 56.1 Å². The van der Waals surface area contributed by atoms with Crippen molar-refractivity contribution in [1.82, 2.24) is 0 Å². The molecule has 0 radical (unpaired) electrons. The third-order valence-electron chi connectivity index (χ3n) is 4.50. The van der Waals surface area contributed by atoms with Crippen LogP contribution in [0.15, 0.2) is 12.1 Å². The van der Waals surface area contributed by atoms with E-state index in [2.05, 4.69) is 0 Å². The van der Waals surface area contributed by atoms with Crippen molar-refractivity contribution in [2.24, 2.45) is 0 Å². The van der Waals surface area contributed by atoms with Crippen molar-refractivity contribution >= 4 is 0 Å². The second kappa shape index (κ2) is 9.67. The molecule has 0 bridgehead atoms. The number of aromatic hydroxyl groups is 1. The van der Waals surface area contributed by atoms with Gasteiger partial charge in [-0.25, -0.2) is 0 Å². The van der Waals surface area contributed by atoms with Gasteiger partial charge in [0.25, 0.3) is 0 Å². The third-order valence-corrected chi connectivity index (χ3v) is 4.50. The summed E-state index contributed by atoms with van der Waals surface area (Å²) in [6.07, 6.45) is -10.5. The average Bonchev–Trinajstić information content (AvgIpc) is 2.71. The van der Waals surface area contributed by atoms with Crippen LogP contribution in [0.5, 0.6) is 17.2 Å². The van der Waals surface area contributed by atoms with Crippen molar-refractivity contribution in [3.05, 3.63) is 17.7 Å². The maximum atomic E-state index is 10.2. The highest BCUT2D eigenvalue weighted by molar-refractivity contribution is 5.53. The molecular weight excluding hydrogens is 380 g/mol. The molecule has 1 fully saturated rings. The summed E-state index contributed by atoms with van der Waals surface area (Å²) in [6, 6.07) is 2.65. The van der Waals surface area contributed by atoms with Crippen molar-refractivity contribution in [2.75, 3.05) is 27.4 Å². The van der Waals surface area contributed by atoms with E-state index in [1.807, 2.05) is 0 Å². The smallest absolute Gasteiger partial charge is 0.200 e. The topological polar surface area (TPSA) is 179 Å². The summed E-state index contributed by atoms with van der Waals surface area (Å²) in [5.41, 5.74) is 0.199. The van der Waals surface area contributed by atoms with E-state index in [1.165, 1.54) is 26.4 Å². The van der Waals surface area contributed by atoms with E-state index in [0.717, 1.165) is 0 Å². The predicted octanol–water partition coefficient (Wildman–Crippen LogP) is -2.38. The van der Waals surface area contributed by atoms with Gasteiger partial charge >= 0.3 is 0 Å². The van der Waals surface area contributed by atoms with E-state index in [1.54, 1.807) is 0 Å². The molecule has 7 N–H and O–H groups in total. The van der Waals surface area contributed by atoms with Gasteiger partial charge in [0.1, 0.15) is 36.6 Å². The minimum absolute atomic E-state index is 0.00175. The summed E-state index contributed by atoms with van der Waals surface area (Å²) in [5, 5.41) is 68.8. The Labute approximate surface area is 160 Å². The molecule has 28 heavy (non-hydrogen) atoms. The molecule has 2 rings (SSSR count). The summed E-state index contributed by atoms with van der Waals surface area (Å²) in [7, 11) is 2.60. The lowest BCUT2D eigenvalue weighted by atomic mass is 9.98. The maximum absolute atomic E-state index is 10.2. The highest BCUT2D eigenvalue weighted by Crippen LogP contribution is 2.40. The molecule has 7 atom stereocenters. The molecule has 0 unspecified atom stereocenters. The van der Waals surface area contributed by atoms with E-state index in [-0.39, 0.29) is 22.8 Å². The van der Waals surface area contributed by atoms with E-state index in [0.29, 0.717) is 0 Å². The van der Waals surface area contributed by atoms with Gasteiger partial charge in [-0.2, -0.15) is 0 Å². The minimum atomic E-state index is -1.70. The van der Waals surface area contributed by atoms with Gasteiger partial charge in [0, 0.05) is 0 Å². The maximum Gasteiger partial charge on any atom is 0.200 e. The summed E-state index contributed by atoms with van der Waals surface area (Å²) < 4.78 is 21.0. The second-order valence-electron chi connectivity index (χ2n) is 6.28. The molecule has 1 aromatic carbocycles. The number of rotatable bonds is 8. The first-order valence-corrected chi connectivity index (χ1v) is 8.48. The van der Waals surface area contributed by atoms with E-state index in [4.69, 9.17) is 18.9 Å². The molecule has 11 heteroatoms. The lowest BCUT2D eigenvalue weighted by Gasteiger charge is -2.41. The van der Waals surface area contributed by atoms with Crippen LogP contribution in [0.2, 0.25) is 0 Å². The second-order valence-corrected chi connectivity index (χ2v) is 6.28. The first-order chi connectivity index (χ1) is 13.3. The van der Waals surface area contributed by atoms with Gasteiger partial charge < -0.3 is 54.7 Å².